The van der Waals surface area contributed by atoms with Crippen molar-refractivity contribution in [3.05, 3.63) is 53.8 Å². The quantitative estimate of drug-likeness (QED) is 0.529. The Labute approximate surface area is 162 Å². The molecule has 0 heterocycles. The summed E-state index contributed by atoms with van der Waals surface area (Å²) >= 11 is 0. The number of amides is 1. The maximum absolute atomic E-state index is 12.9. The zero-order valence-corrected chi connectivity index (χ0v) is 16.4. The highest BCUT2D eigenvalue weighted by Gasteiger charge is 2.22. The van der Waals surface area contributed by atoms with Crippen LogP contribution in [0.15, 0.2) is 47.6 Å². The minimum Gasteiger partial charge on any atom is -0.493 e. The summed E-state index contributed by atoms with van der Waals surface area (Å²) in [5.74, 6) is -0.296. The van der Waals surface area contributed by atoms with Crippen LogP contribution >= 0.6 is 0 Å². The summed E-state index contributed by atoms with van der Waals surface area (Å²) in [6.07, 6.45) is 2.30. The van der Waals surface area contributed by atoms with Crippen LogP contribution in [0.1, 0.15) is 5.56 Å². The Hall–Kier alpha value is -3.14. The topological polar surface area (TPSA) is 97.3 Å². The van der Waals surface area contributed by atoms with Crippen LogP contribution in [0, 0.1) is 5.82 Å². The molecule has 2 rings (SSSR count). The molecule has 0 aliphatic carbocycles. The fourth-order valence-corrected chi connectivity index (χ4v) is 3.12. The van der Waals surface area contributed by atoms with Gasteiger partial charge < -0.3 is 9.47 Å². The van der Waals surface area contributed by atoms with E-state index in [1.807, 2.05) is 0 Å². The molecule has 0 aliphatic rings. The van der Waals surface area contributed by atoms with E-state index in [2.05, 4.69) is 10.5 Å². The Morgan fingerprint density at radius 3 is 2.36 bits per heavy atom. The lowest BCUT2D eigenvalue weighted by molar-refractivity contribution is -0.119. The molecule has 1 N–H and O–H groups in total. The van der Waals surface area contributed by atoms with Crippen molar-refractivity contribution in [3.8, 4) is 11.5 Å². The summed E-state index contributed by atoms with van der Waals surface area (Å²) in [6, 6.07) is 9.97. The summed E-state index contributed by atoms with van der Waals surface area (Å²) in [6.45, 7) is -0.491. The van der Waals surface area contributed by atoms with Crippen LogP contribution in [0.25, 0.3) is 0 Å². The molecule has 0 saturated heterocycles. The van der Waals surface area contributed by atoms with Gasteiger partial charge in [-0.2, -0.15) is 5.10 Å². The maximum atomic E-state index is 12.9. The minimum absolute atomic E-state index is 0.234. The third kappa shape index (κ3) is 5.68. The van der Waals surface area contributed by atoms with E-state index in [9.17, 15) is 17.6 Å². The first-order chi connectivity index (χ1) is 13.2. The van der Waals surface area contributed by atoms with Crippen molar-refractivity contribution in [3.63, 3.8) is 0 Å². The van der Waals surface area contributed by atoms with Gasteiger partial charge in [0.1, 0.15) is 12.4 Å². The second-order valence-corrected chi connectivity index (χ2v) is 7.56. The first-order valence-corrected chi connectivity index (χ1v) is 9.86. The van der Waals surface area contributed by atoms with E-state index in [1.54, 1.807) is 0 Å². The van der Waals surface area contributed by atoms with E-state index in [0.717, 1.165) is 10.6 Å². The average Bonchev–Trinajstić information content (AvgIpc) is 2.66. The van der Waals surface area contributed by atoms with E-state index < -0.39 is 22.5 Å². The van der Waals surface area contributed by atoms with Crippen molar-refractivity contribution >= 4 is 27.8 Å². The van der Waals surface area contributed by atoms with E-state index in [1.165, 1.54) is 62.9 Å². The second-order valence-electron chi connectivity index (χ2n) is 5.65. The van der Waals surface area contributed by atoms with Gasteiger partial charge in [-0.05, 0) is 29.8 Å². The minimum atomic E-state index is -3.76. The standard InChI is InChI=1S/C18H20FN3O5S/c1-26-16-9-8-15(10-17(16)27-2)22(28(3,24)25)12-18(23)21-20-11-13-4-6-14(19)7-5-13/h4-11H,12H2,1-3H3,(H,21,23)/b20-11-. The molecule has 0 saturated carbocycles. The van der Waals surface area contributed by atoms with E-state index >= 15 is 0 Å². The molecule has 2 aromatic rings. The number of hydrogen-bond donors (Lipinski definition) is 1. The lowest BCUT2D eigenvalue weighted by Gasteiger charge is -2.22. The number of ether oxygens (including phenoxy) is 2. The zero-order chi connectivity index (χ0) is 20.7. The van der Waals surface area contributed by atoms with E-state index in [4.69, 9.17) is 9.47 Å². The Bertz CT molecular complexity index is 962. The molecular formula is C18H20FN3O5S. The Balaban J connectivity index is 2.14. The molecule has 10 heteroatoms. The van der Waals surface area contributed by atoms with Gasteiger partial charge in [0.2, 0.25) is 10.0 Å². The lowest BCUT2D eigenvalue weighted by atomic mass is 10.2. The molecular weight excluding hydrogens is 389 g/mol. The average molecular weight is 409 g/mol. The fraction of sp³-hybridized carbons (Fsp3) is 0.222. The number of carbonyl (C=O) groups excluding carboxylic acids is 1. The predicted octanol–water partition coefficient (Wildman–Crippen LogP) is 1.76. The molecule has 2 aromatic carbocycles. The van der Waals surface area contributed by atoms with Crippen LogP contribution in [0.5, 0.6) is 11.5 Å². The van der Waals surface area contributed by atoms with Gasteiger partial charge in [-0.3, -0.25) is 9.10 Å². The van der Waals surface area contributed by atoms with Crippen LogP contribution in [0.2, 0.25) is 0 Å². The number of rotatable bonds is 8. The maximum Gasteiger partial charge on any atom is 0.260 e. The van der Waals surface area contributed by atoms with Gasteiger partial charge in [-0.1, -0.05) is 12.1 Å². The first-order valence-electron chi connectivity index (χ1n) is 8.02. The highest BCUT2D eigenvalue weighted by Crippen LogP contribution is 2.32. The molecule has 8 nitrogen and oxygen atoms in total. The number of benzene rings is 2. The summed E-state index contributed by atoms with van der Waals surface area (Å²) in [5.41, 5.74) is 3.05. The molecule has 150 valence electrons. The van der Waals surface area contributed by atoms with Gasteiger partial charge in [-0.25, -0.2) is 18.2 Å². The number of nitrogens with zero attached hydrogens (tertiary/aromatic N) is 2. The highest BCUT2D eigenvalue weighted by atomic mass is 32.2. The normalized spacial score (nSPS) is 11.3. The molecule has 0 bridgehead atoms. The number of anilines is 1. The van der Waals surface area contributed by atoms with Gasteiger partial charge in [0.25, 0.3) is 5.91 Å². The number of methoxy groups -OCH3 is 2. The van der Waals surface area contributed by atoms with Crippen molar-refractivity contribution in [1.82, 2.24) is 5.43 Å². The third-order valence-corrected chi connectivity index (χ3v) is 4.76. The molecule has 0 spiro atoms. The van der Waals surface area contributed by atoms with Crippen LogP contribution < -0.4 is 19.2 Å². The fourth-order valence-electron chi connectivity index (χ4n) is 2.27. The van der Waals surface area contributed by atoms with E-state index in [-0.39, 0.29) is 11.5 Å². The number of hydrogen-bond acceptors (Lipinski definition) is 6. The molecule has 0 radical (unpaired) electrons. The van der Waals surface area contributed by atoms with Gasteiger partial charge in [0.15, 0.2) is 11.5 Å². The molecule has 28 heavy (non-hydrogen) atoms. The van der Waals surface area contributed by atoms with Crippen LogP contribution in [-0.2, 0) is 14.8 Å². The number of carbonyl (C=O) groups is 1. The first kappa shape index (κ1) is 21.2. The lowest BCUT2D eigenvalue weighted by Crippen LogP contribution is -2.39. The summed E-state index contributed by atoms with van der Waals surface area (Å²) in [5, 5.41) is 3.75. The SMILES string of the molecule is COc1ccc(N(CC(=O)N/N=C\c2ccc(F)cc2)S(C)(=O)=O)cc1OC. The number of sulfonamides is 1. The van der Waals surface area contributed by atoms with Gasteiger partial charge in [0, 0.05) is 6.07 Å². The number of hydrazone groups is 1. The van der Waals surface area contributed by atoms with Crippen LogP contribution in [-0.4, -0.2) is 47.6 Å². The number of nitrogens with one attached hydrogen (secondary N) is 1. The van der Waals surface area contributed by atoms with Gasteiger partial charge in [-0.15, -0.1) is 0 Å². The molecule has 0 atom stereocenters. The van der Waals surface area contributed by atoms with Gasteiger partial charge in [0.05, 0.1) is 32.4 Å². The Morgan fingerprint density at radius 2 is 1.79 bits per heavy atom. The zero-order valence-electron chi connectivity index (χ0n) is 15.5. The molecule has 0 aliphatic heterocycles. The van der Waals surface area contributed by atoms with Crippen molar-refractivity contribution in [1.29, 1.82) is 0 Å². The Kier molecular flexibility index (Phi) is 6.94. The van der Waals surface area contributed by atoms with Crippen molar-refractivity contribution < 1.29 is 27.1 Å². The molecule has 0 unspecified atom stereocenters. The predicted molar refractivity (Wildman–Crippen MR) is 104 cm³/mol. The van der Waals surface area contributed by atoms with Crippen LogP contribution in [0.3, 0.4) is 0 Å². The summed E-state index contributed by atoms with van der Waals surface area (Å²) in [4.78, 5) is 12.1. The van der Waals surface area contributed by atoms with Crippen molar-refractivity contribution in [2.24, 2.45) is 5.10 Å². The second kappa shape index (κ2) is 9.18. The monoisotopic (exact) mass is 409 g/mol. The van der Waals surface area contributed by atoms with Crippen molar-refractivity contribution in [2.75, 3.05) is 31.3 Å². The largest absolute Gasteiger partial charge is 0.493 e. The number of halogens is 1. The smallest absolute Gasteiger partial charge is 0.260 e. The van der Waals surface area contributed by atoms with Gasteiger partial charge >= 0.3 is 0 Å². The summed E-state index contributed by atoms with van der Waals surface area (Å²) < 4.78 is 48.4. The Morgan fingerprint density at radius 1 is 1.14 bits per heavy atom. The molecule has 0 fully saturated rings. The highest BCUT2D eigenvalue weighted by molar-refractivity contribution is 7.92. The third-order valence-electron chi connectivity index (χ3n) is 3.62. The van der Waals surface area contributed by atoms with E-state index in [0.29, 0.717) is 17.1 Å². The molecule has 0 aromatic heterocycles. The molecule has 1 amide bonds. The van der Waals surface area contributed by atoms with Crippen LogP contribution in [0.4, 0.5) is 10.1 Å². The summed E-state index contributed by atoms with van der Waals surface area (Å²) in [7, 11) is -0.880. The van der Waals surface area contributed by atoms with Crippen molar-refractivity contribution in [2.45, 2.75) is 0 Å².